The molecule has 248 valence electrons. The molecule has 0 amide bonds. The van der Waals surface area contributed by atoms with Crippen LogP contribution in [0, 0.1) is 0 Å². The van der Waals surface area contributed by atoms with Gasteiger partial charge in [0.25, 0.3) is 0 Å². The minimum absolute atomic E-state index is 0.808. The number of nitrogens with zero attached hydrogens (tertiary/aromatic N) is 5. The first kappa shape index (κ1) is 29.2. The summed E-state index contributed by atoms with van der Waals surface area (Å²) in [4.78, 5) is 9.80. The minimum Gasteiger partial charge on any atom is -0.355 e. The third-order valence-corrected chi connectivity index (χ3v) is 11.3. The Labute approximate surface area is 302 Å². The van der Waals surface area contributed by atoms with Crippen molar-refractivity contribution in [2.45, 2.75) is 6.42 Å². The van der Waals surface area contributed by atoms with Crippen LogP contribution < -0.4 is 9.80 Å². The first-order valence-corrected chi connectivity index (χ1v) is 18.0. The predicted octanol–water partition coefficient (Wildman–Crippen LogP) is 11.1. The van der Waals surface area contributed by atoms with Crippen LogP contribution in [0.3, 0.4) is 0 Å². The lowest BCUT2D eigenvalue weighted by molar-refractivity contribution is 0.948. The number of rotatable bonds is 4. The summed E-state index contributed by atoms with van der Waals surface area (Å²) in [5.74, 6) is 0.963. The Balaban J connectivity index is 1.10. The molecule has 1 aliphatic heterocycles. The van der Waals surface area contributed by atoms with Crippen LogP contribution in [0.2, 0.25) is 0 Å². The average molecular weight is 670 g/mol. The Hall–Kier alpha value is -6.59. The second kappa shape index (κ2) is 11.0. The molecule has 3 heterocycles. The molecular formula is C47H35N5. The summed E-state index contributed by atoms with van der Waals surface area (Å²) in [6, 6.07) is 55.7. The fourth-order valence-corrected chi connectivity index (χ4v) is 8.75. The number of hydrogen-bond acceptors (Lipinski definition) is 3. The molecule has 9 aromatic rings. The molecule has 0 unspecified atom stereocenters. The molecule has 5 nitrogen and oxygen atoms in total. The highest BCUT2D eigenvalue weighted by molar-refractivity contribution is 6.11. The SMILES string of the molecule is CN1CN(c2cccc(-n3c4ccc(-c5ccc6c(c5)Cc5ccccc5-6)cc4c4ccc(-c5nc6ccccc6n5C)cc43)c2)c2ccccc21. The Morgan fingerprint density at radius 2 is 1.25 bits per heavy atom. The summed E-state index contributed by atoms with van der Waals surface area (Å²) in [5, 5.41) is 2.47. The van der Waals surface area contributed by atoms with E-state index in [9.17, 15) is 0 Å². The van der Waals surface area contributed by atoms with Crippen LogP contribution >= 0.6 is 0 Å². The molecule has 52 heavy (non-hydrogen) atoms. The summed E-state index contributed by atoms with van der Waals surface area (Å²) >= 11 is 0. The molecule has 2 aromatic heterocycles. The van der Waals surface area contributed by atoms with Gasteiger partial charge in [0.2, 0.25) is 0 Å². The second-order valence-corrected chi connectivity index (χ2v) is 14.3. The van der Waals surface area contributed by atoms with Gasteiger partial charge in [0.1, 0.15) is 5.82 Å². The Kier molecular flexibility index (Phi) is 6.14. The van der Waals surface area contributed by atoms with Crippen molar-refractivity contribution in [3.8, 4) is 39.3 Å². The van der Waals surface area contributed by atoms with Gasteiger partial charge in [-0.3, -0.25) is 0 Å². The zero-order chi connectivity index (χ0) is 34.5. The number of imidazole rings is 1. The maximum atomic E-state index is 5.08. The Morgan fingerprint density at radius 3 is 2.17 bits per heavy atom. The van der Waals surface area contributed by atoms with Gasteiger partial charge in [-0.05, 0) is 100 Å². The number of para-hydroxylation sites is 4. The fraction of sp³-hybridized carbons (Fsp3) is 0.0851. The number of benzene rings is 7. The third kappa shape index (κ3) is 4.26. The zero-order valence-corrected chi connectivity index (χ0v) is 29.1. The van der Waals surface area contributed by atoms with E-state index in [0.29, 0.717) is 0 Å². The van der Waals surface area contributed by atoms with Crippen molar-refractivity contribution in [1.29, 1.82) is 0 Å². The van der Waals surface area contributed by atoms with Gasteiger partial charge < -0.3 is 18.9 Å². The van der Waals surface area contributed by atoms with Gasteiger partial charge in [-0.25, -0.2) is 4.98 Å². The molecule has 0 fully saturated rings. The van der Waals surface area contributed by atoms with Crippen molar-refractivity contribution in [2.24, 2.45) is 7.05 Å². The van der Waals surface area contributed by atoms with E-state index < -0.39 is 0 Å². The predicted molar refractivity (Wildman–Crippen MR) is 216 cm³/mol. The molecule has 5 heteroatoms. The van der Waals surface area contributed by atoms with Crippen LogP contribution in [-0.4, -0.2) is 27.8 Å². The molecule has 0 saturated heterocycles. The van der Waals surface area contributed by atoms with Crippen LogP contribution in [-0.2, 0) is 13.5 Å². The lowest BCUT2D eigenvalue weighted by Crippen LogP contribution is -2.24. The van der Waals surface area contributed by atoms with Crippen LogP contribution in [0.5, 0.6) is 0 Å². The Morgan fingerprint density at radius 1 is 0.500 bits per heavy atom. The molecule has 11 rings (SSSR count). The van der Waals surface area contributed by atoms with Gasteiger partial charge in [-0.2, -0.15) is 0 Å². The quantitative estimate of drug-likeness (QED) is 0.187. The molecule has 0 bridgehead atoms. The van der Waals surface area contributed by atoms with E-state index in [1.807, 2.05) is 0 Å². The second-order valence-electron chi connectivity index (χ2n) is 14.3. The van der Waals surface area contributed by atoms with Crippen molar-refractivity contribution in [3.05, 3.63) is 163 Å². The molecule has 0 spiro atoms. The number of anilines is 3. The molecule has 0 radical (unpaired) electrons. The van der Waals surface area contributed by atoms with E-state index >= 15 is 0 Å². The topological polar surface area (TPSA) is 29.2 Å². The monoisotopic (exact) mass is 669 g/mol. The first-order valence-electron chi connectivity index (χ1n) is 18.0. The number of aromatic nitrogens is 3. The molecule has 7 aromatic carbocycles. The molecular weight excluding hydrogens is 635 g/mol. The average Bonchev–Trinajstić information content (AvgIpc) is 3.93. The van der Waals surface area contributed by atoms with Gasteiger partial charge in [0.05, 0.1) is 40.1 Å². The standard InChI is InChI=1S/C47H35N5/c1-49-29-51(45-17-8-7-16-44(45)49)35-11-9-12-36(28-35)52-42-23-20-31(30-18-21-38-34(24-30)25-32-10-3-4-13-37(32)38)26-40(42)39-22-19-33(27-46(39)52)47-48-41-14-5-6-15-43(41)50(47)2/h3-24,26-28H,25,29H2,1-2H3. The summed E-state index contributed by atoms with van der Waals surface area (Å²) in [6.45, 7) is 0.808. The largest absolute Gasteiger partial charge is 0.355 e. The van der Waals surface area contributed by atoms with Gasteiger partial charge in [-0.1, -0.05) is 91.0 Å². The smallest absolute Gasteiger partial charge is 0.140 e. The molecule has 2 aliphatic rings. The maximum Gasteiger partial charge on any atom is 0.140 e. The van der Waals surface area contributed by atoms with Crippen molar-refractivity contribution in [3.63, 3.8) is 0 Å². The van der Waals surface area contributed by atoms with E-state index in [1.54, 1.807) is 0 Å². The highest BCUT2D eigenvalue weighted by Crippen LogP contribution is 2.43. The van der Waals surface area contributed by atoms with Crippen molar-refractivity contribution in [2.75, 3.05) is 23.5 Å². The summed E-state index contributed by atoms with van der Waals surface area (Å²) in [7, 11) is 4.27. The highest BCUT2D eigenvalue weighted by Gasteiger charge is 2.25. The van der Waals surface area contributed by atoms with Gasteiger partial charge >= 0.3 is 0 Å². The number of hydrogen-bond donors (Lipinski definition) is 0. The summed E-state index contributed by atoms with van der Waals surface area (Å²) in [5.41, 5.74) is 18.4. The van der Waals surface area contributed by atoms with Crippen molar-refractivity contribution < 1.29 is 0 Å². The normalized spacial score (nSPS) is 13.3. The van der Waals surface area contributed by atoms with E-state index in [0.717, 1.165) is 46.7 Å². The van der Waals surface area contributed by atoms with E-state index in [2.05, 4.69) is 185 Å². The molecule has 0 saturated carbocycles. The highest BCUT2D eigenvalue weighted by atomic mass is 15.4. The molecule has 0 N–H and O–H groups in total. The van der Waals surface area contributed by atoms with Crippen LogP contribution in [0.1, 0.15) is 11.1 Å². The third-order valence-electron chi connectivity index (χ3n) is 11.3. The molecule has 0 atom stereocenters. The van der Waals surface area contributed by atoms with Gasteiger partial charge in [-0.15, -0.1) is 0 Å². The van der Waals surface area contributed by atoms with Gasteiger partial charge in [0, 0.05) is 41.8 Å². The van der Waals surface area contributed by atoms with Crippen LogP contribution in [0.4, 0.5) is 17.1 Å². The maximum absolute atomic E-state index is 5.08. The number of aryl methyl sites for hydroxylation is 1. The zero-order valence-electron chi connectivity index (χ0n) is 29.1. The minimum atomic E-state index is 0.808. The van der Waals surface area contributed by atoms with Crippen LogP contribution in [0.25, 0.3) is 72.2 Å². The van der Waals surface area contributed by atoms with E-state index in [1.165, 1.54) is 66.7 Å². The van der Waals surface area contributed by atoms with E-state index in [4.69, 9.17) is 4.98 Å². The van der Waals surface area contributed by atoms with Gasteiger partial charge in [0.15, 0.2) is 0 Å². The molecule has 1 aliphatic carbocycles. The fourth-order valence-electron chi connectivity index (χ4n) is 8.75. The number of fused-ring (bicyclic) bond motifs is 8. The van der Waals surface area contributed by atoms with Crippen molar-refractivity contribution in [1.82, 2.24) is 14.1 Å². The lowest BCUT2D eigenvalue weighted by atomic mass is 9.98. The summed E-state index contributed by atoms with van der Waals surface area (Å²) in [6.07, 6.45) is 0.986. The van der Waals surface area contributed by atoms with E-state index in [-0.39, 0.29) is 0 Å². The van der Waals surface area contributed by atoms with Crippen LogP contribution in [0.15, 0.2) is 152 Å². The van der Waals surface area contributed by atoms with Crippen molar-refractivity contribution >= 4 is 49.9 Å². The summed E-state index contributed by atoms with van der Waals surface area (Å²) < 4.78 is 4.64. The lowest BCUT2D eigenvalue weighted by Gasteiger charge is -2.21. The Bertz CT molecular complexity index is 2910. The first-order chi connectivity index (χ1) is 25.6.